The summed E-state index contributed by atoms with van der Waals surface area (Å²) < 4.78 is 7.72. The summed E-state index contributed by atoms with van der Waals surface area (Å²) in [6.45, 7) is 5.70. The van der Waals surface area contributed by atoms with Crippen LogP contribution >= 0.6 is 45.3 Å². The topological polar surface area (TPSA) is 115 Å². The minimum absolute atomic E-state index is 0.0595. The van der Waals surface area contributed by atoms with Crippen molar-refractivity contribution < 1.29 is 23.9 Å². The molecule has 7 heterocycles. The maximum Gasteiger partial charge on any atom is 0.261 e. The van der Waals surface area contributed by atoms with Crippen molar-refractivity contribution in [2.75, 3.05) is 26.3 Å². The predicted molar refractivity (Wildman–Crippen MR) is 259 cm³/mol. The maximum atomic E-state index is 13.8. The monoisotopic (exact) mass is 929 g/mol. The van der Waals surface area contributed by atoms with E-state index in [1.165, 1.54) is 75.9 Å². The molecular formula is C50H51N5O5S4. The van der Waals surface area contributed by atoms with Crippen molar-refractivity contribution in [2.45, 2.75) is 91.0 Å². The van der Waals surface area contributed by atoms with Gasteiger partial charge in [-0.1, -0.05) is 69.7 Å². The van der Waals surface area contributed by atoms with E-state index in [1.807, 2.05) is 40.2 Å². The Morgan fingerprint density at radius 3 is 1.72 bits per heavy atom. The number of amides is 4. The van der Waals surface area contributed by atoms with E-state index < -0.39 is 11.8 Å². The molecule has 0 unspecified atom stereocenters. The number of aromatic nitrogens is 3. The van der Waals surface area contributed by atoms with Crippen LogP contribution in [0.5, 0.6) is 0 Å². The van der Waals surface area contributed by atoms with Gasteiger partial charge in [0.2, 0.25) is 0 Å². The van der Waals surface area contributed by atoms with Crippen molar-refractivity contribution in [1.29, 1.82) is 0 Å². The first-order valence-corrected chi connectivity index (χ1v) is 25.9. The number of hydrogen-bond donors (Lipinski definition) is 0. The number of benzene rings is 2. The molecule has 0 radical (unpaired) electrons. The van der Waals surface area contributed by atoms with Crippen LogP contribution in [-0.2, 0) is 30.5 Å². The van der Waals surface area contributed by atoms with Crippen molar-refractivity contribution >= 4 is 79.7 Å². The number of thiophene rings is 4. The molecule has 0 saturated carbocycles. The van der Waals surface area contributed by atoms with Gasteiger partial charge >= 0.3 is 0 Å². The Labute approximate surface area is 389 Å². The first-order valence-electron chi connectivity index (χ1n) is 22.5. The van der Waals surface area contributed by atoms with Crippen molar-refractivity contribution in [1.82, 2.24) is 24.8 Å². The SMILES string of the molecule is CCCCCCc1cc(-c2sc(-c3cccs3)cc2CCc2cn(CCOCCN3C(=O)c4ccc5c6c(ccc(c46)C3=O)C(=O)N(CCCCCC)C5=O)nn2)sc1-c1cccs1. The number of ether oxygens (including phenoxy) is 1. The highest BCUT2D eigenvalue weighted by Gasteiger charge is 2.39. The molecule has 2 aromatic carbocycles. The number of rotatable bonds is 22. The molecule has 4 amide bonds. The van der Waals surface area contributed by atoms with Gasteiger partial charge in [0, 0.05) is 75.0 Å². The van der Waals surface area contributed by atoms with Crippen LogP contribution in [-0.4, -0.2) is 74.7 Å². The normalized spacial score (nSPS) is 13.7. The highest BCUT2D eigenvalue weighted by molar-refractivity contribution is 7.28. The molecule has 0 atom stereocenters. The summed E-state index contributed by atoms with van der Waals surface area (Å²) >= 11 is 7.40. The smallest absolute Gasteiger partial charge is 0.261 e. The minimum atomic E-state index is -0.464. The average Bonchev–Trinajstić information content (AvgIpc) is 4.17. The second kappa shape index (κ2) is 20.0. The Bertz CT molecular complexity index is 2730. The third-order valence-corrected chi connectivity index (χ3v) is 16.8. The van der Waals surface area contributed by atoms with Crippen LogP contribution in [0.4, 0.5) is 0 Å². The second-order valence-electron chi connectivity index (χ2n) is 16.4. The highest BCUT2D eigenvalue weighted by Crippen LogP contribution is 2.47. The fourth-order valence-electron chi connectivity index (χ4n) is 8.77. The number of aryl methyl sites for hydroxylation is 3. The van der Waals surface area contributed by atoms with E-state index in [0.29, 0.717) is 52.7 Å². The Balaban J connectivity index is 0.816. The van der Waals surface area contributed by atoms with E-state index in [0.717, 1.165) is 50.6 Å². The van der Waals surface area contributed by atoms with Crippen LogP contribution in [0.25, 0.3) is 40.0 Å². The van der Waals surface area contributed by atoms with Crippen LogP contribution in [0.15, 0.2) is 77.6 Å². The summed E-state index contributed by atoms with van der Waals surface area (Å²) in [6, 6.07) is 20.0. The fourth-order valence-corrected chi connectivity index (χ4v) is 13.0. The van der Waals surface area contributed by atoms with Crippen molar-refractivity contribution in [3.63, 3.8) is 0 Å². The molecule has 0 aliphatic carbocycles. The van der Waals surface area contributed by atoms with Crippen molar-refractivity contribution in [3.05, 3.63) is 117 Å². The second-order valence-corrected chi connectivity index (χ2v) is 20.4. The van der Waals surface area contributed by atoms with Crippen LogP contribution in [0.3, 0.4) is 0 Å². The molecule has 2 aliphatic heterocycles. The van der Waals surface area contributed by atoms with E-state index >= 15 is 0 Å². The van der Waals surface area contributed by atoms with E-state index in [-0.39, 0.29) is 25.0 Å². The molecule has 9 rings (SSSR count). The third-order valence-electron chi connectivity index (χ3n) is 12.1. The zero-order chi connectivity index (χ0) is 44.2. The van der Waals surface area contributed by atoms with E-state index in [4.69, 9.17) is 4.74 Å². The van der Waals surface area contributed by atoms with Gasteiger partial charge in [-0.2, -0.15) is 0 Å². The number of nitrogens with zero attached hydrogens (tertiary/aromatic N) is 5. The van der Waals surface area contributed by atoms with E-state index in [9.17, 15) is 19.2 Å². The van der Waals surface area contributed by atoms with Gasteiger partial charge in [-0.25, -0.2) is 4.68 Å². The predicted octanol–water partition coefficient (Wildman–Crippen LogP) is 12.1. The lowest BCUT2D eigenvalue weighted by Crippen LogP contribution is -2.44. The Kier molecular flexibility index (Phi) is 13.7. The van der Waals surface area contributed by atoms with Crippen LogP contribution in [0.2, 0.25) is 0 Å². The minimum Gasteiger partial charge on any atom is -0.378 e. The molecule has 0 saturated heterocycles. The Morgan fingerprint density at radius 1 is 0.547 bits per heavy atom. The van der Waals surface area contributed by atoms with Gasteiger partial charge in [0.15, 0.2) is 0 Å². The van der Waals surface area contributed by atoms with Gasteiger partial charge < -0.3 is 4.74 Å². The largest absolute Gasteiger partial charge is 0.378 e. The molecule has 0 N–H and O–H groups in total. The summed E-state index contributed by atoms with van der Waals surface area (Å²) in [5.74, 6) is -1.69. The fraction of sp³-hybridized carbons (Fsp3) is 0.360. The van der Waals surface area contributed by atoms with Crippen LogP contribution < -0.4 is 0 Å². The molecule has 2 aliphatic rings. The number of carbonyl (C=O) groups excluding carboxylic acids is 4. The van der Waals surface area contributed by atoms with Crippen LogP contribution in [0, 0.1) is 0 Å². The van der Waals surface area contributed by atoms with Gasteiger partial charge in [0.05, 0.1) is 32.0 Å². The molecular weight excluding hydrogens is 879 g/mol. The molecule has 0 spiro atoms. The molecule has 10 nitrogen and oxygen atoms in total. The first kappa shape index (κ1) is 44.1. The van der Waals surface area contributed by atoms with E-state index in [1.54, 1.807) is 40.3 Å². The number of unbranched alkanes of at least 4 members (excludes halogenated alkanes) is 6. The maximum absolute atomic E-state index is 13.8. The van der Waals surface area contributed by atoms with Gasteiger partial charge in [-0.15, -0.1) is 50.4 Å². The summed E-state index contributed by atoms with van der Waals surface area (Å²) in [7, 11) is 0. The Morgan fingerprint density at radius 2 is 1.09 bits per heavy atom. The van der Waals surface area contributed by atoms with Gasteiger partial charge in [0.25, 0.3) is 23.6 Å². The van der Waals surface area contributed by atoms with Gasteiger partial charge in [-0.3, -0.25) is 29.0 Å². The number of hydrogen-bond acceptors (Lipinski definition) is 11. The van der Waals surface area contributed by atoms with Crippen molar-refractivity contribution in [3.8, 4) is 29.3 Å². The molecule has 14 heteroatoms. The summed E-state index contributed by atoms with van der Waals surface area (Å²) in [6.07, 6.45) is 13.4. The number of carbonyl (C=O) groups is 4. The molecule has 7 aromatic rings. The third kappa shape index (κ3) is 8.95. The molecule has 0 fully saturated rings. The lowest BCUT2D eigenvalue weighted by molar-refractivity contribution is 0.0509. The molecule has 0 bridgehead atoms. The van der Waals surface area contributed by atoms with Crippen LogP contribution in [0.1, 0.15) is 123 Å². The molecule has 64 heavy (non-hydrogen) atoms. The molecule has 5 aromatic heterocycles. The standard InChI is InChI=1S/C50H51N5O5S4/c1-3-5-7-9-13-32-30-42(64-45(32)40-15-12-28-62-40)46-33(29-41(63-46)39-14-11-27-61-39)16-17-34-31-53(52-51-34)23-25-60-26-24-55-49(58)37-20-18-35-43-36(19-21-38(44(37)43)50(55)59)48(57)54(47(35)56)22-10-8-6-4-2/h11-12,14-15,18-21,27-31H,3-10,13,16-17,22-26H2,1-2H3. The average molecular weight is 930 g/mol. The zero-order valence-electron chi connectivity index (χ0n) is 36.2. The summed E-state index contributed by atoms with van der Waals surface area (Å²) in [5.41, 5.74) is 5.00. The first-order chi connectivity index (χ1) is 31.3. The summed E-state index contributed by atoms with van der Waals surface area (Å²) in [5, 5.41) is 14.0. The zero-order valence-corrected chi connectivity index (χ0v) is 39.5. The number of imide groups is 2. The van der Waals surface area contributed by atoms with Gasteiger partial charge in [-0.05, 0) is 103 Å². The lowest BCUT2D eigenvalue weighted by atomic mass is 9.86. The van der Waals surface area contributed by atoms with E-state index in [2.05, 4.69) is 71.3 Å². The molecule has 330 valence electrons. The summed E-state index contributed by atoms with van der Waals surface area (Å²) in [4.78, 5) is 65.0. The quantitative estimate of drug-likeness (QED) is 0.0491. The highest BCUT2D eigenvalue weighted by atomic mass is 32.1. The Hall–Kier alpha value is -5.12. The van der Waals surface area contributed by atoms with Gasteiger partial charge in [0.1, 0.15) is 0 Å². The lowest BCUT2D eigenvalue weighted by Gasteiger charge is -2.32. The van der Waals surface area contributed by atoms with Crippen molar-refractivity contribution in [2.24, 2.45) is 0 Å².